The highest BCUT2D eigenvalue weighted by Gasteiger charge is 2.05. The predicted octanol–water partition coefficient (Wildman–Crippen LogP) is 0.662. The van der Waals surface area contributed by atoms with Gasteiger partial charge < -0.3 is 10.1 Å². The van der Waals surface area contributed by atoms with Crippen molar-refractivity contribution in [3.8, 4) is 5.88 Å². The number of nitrogens with one attached hydrogen (secondary N) is 3. The van der Waals surface area contributed by atoms with Gasteiger partial charge in [0.1, 0.15) is 5.39 Å². The van der Waals surface area contributed by atoms with Crippen LogP contribution in [0.1, 0.15) is 5.56 Å². The van der Waals surface area contributed by atoms with Crippen molar-refractivity contribution in [1.82, 2.24) is 25.1 Å². The predicted molar refractivity (Wildman–Crippen MR) is 72.6 cm³/mol. The summed E-state index contributed by atoms with van der Waals surface area (Å²) in [4.78, 5) is 22.7. The van der Waals surface area contributed by atoms with Crippen LogP contribution in [0.5, 0.6) is 5.88 Å². The Kier molecular flexibility index (Phi) is 3.04. The smallest absolute Gasteiger partial charge is 0.263 e. The number of methoxy groups -OCH3 is 1. The molecular weight excluding hydrogens is 260 g/mol. The van der Waals surface area contributed by atoms with Gasteiger partial charge in [0, 0.05) is 18.8 Å². The molecule has 0 saturated heterocycles. The SMILES string of the molecule is COc1ccc(CNc2nc3[nH]ncc3c(=O)[nH]2)cn1. The van der Waals surface area contributed by atoms with Gasteiger partial charge in [-0.15, -0.1) is 0 Å². The first-order chi connectivity index (χ1) is 9.76. The van der Waals surface area contributed by atoms with Crippen molar-refractivity contribution in [2.24, 2.45) is 0 Å². The molecule has 102 valence electrons. The minimum Gasteiger partial charge on any atom is -0.481 e. The first kappa shape index (κ1) is 12.2. The van der Waals surface area contributed by atoms with Gasteiger partial charge in [0.2, 0.25) is 11.8 Å². The molecule has 0 aliphatic rings. The highest BCUT2D eigenvalue weighted by Crippen LogP contribution is 2.09. The molecule has 0 radical (unpaired) electrons. The Morgan fingerprint density at radius 1 is 1.35 bits per heavy atom. The Morgan fingerprint density at radius 2 is 2.25 bits per heavy atom. The molecule has 0 aliphatic heterocycles. The first-order valence-electron chi connectivity index (χ1n) is 5.92. The van der Waals surface area contributed by atoms with E-state index >= 15 is 0 Å². The lowest BCUT2D eigenvalue weighted by atomic mass is 10.3. The molecule has 3 aromatic rings. The van der Waals surface area contributed by atoms with E-state index in [1.165, 1.54) is 6.20 Å². The Hall–Kier alpha value is -2.90. The second-order valence-corrected chi connectivity index (χ2v) is 4.11. The van der Waals surface area contributed by atoms with Crippen LogP contribution in [0.3, 0.4) is 0 Å². The standard InChI is InChI=1S/C12H12N6O2/c1-20-9-3-2-7(4-13-9)5-14-12-16-10-8(6-15-18-10)11(19)17-12/h2-4,6H,5H2,1H3,(H3,14,15,16,17,18,19). The van der Waals surface area contributed by atoms with Crippen LogP contribution < -0.4 is 15.6 Å². The monoisotopic (exact) mass is 272 g/mol. The number of ether oxygens (including phenoxy) is 1. The van der Waals surface area contributed by atoms with Gasteiger partial charge in [-0.1, -0.05) is 6.07 Å². The van der Waals surface area contributed by atoms with Crippen molar-refractivity contribution in [3.05, 3.63) is 40.4 Å². The van der Waals surface area contributed by atoms with E-state index in [4.69, 9.17) is 4.74 Å². The molecule has 3 aromatic heterocycles. The molecular formula is C12H12N6O2. The van der Waals surface area contributed by atoms with Crippen LogP contribution in [0, 0.1) is 0 Å². The highest BCUT2D eigenvalue weighted by molar-refractivity contribution is 5.73. The fourth-order valence-corrected chi connectivity index (χ4v) is 1.75. The molecule has 0 saturated carbocycles. The molecule has 0 unspecified atom stereocenters. The van der Waals surface area contributed by atoms with Crippen LogP contribution in [0.4, 0.5) is 5.95 Å². The third-order valence-electron chi connectivity index (χ3n) is 2.79. The van der Waals surface area contributed by atoms with Crippen molar-refractivity contribution < 1.29 is 4.74 Å². The molecule has 0 bridgehead atoms. The van der Waals surface area contributed by atoms with E-state index in [0.717, 1.165) is 5.56 Å². The molecule has 0 aliphatic carbocycles. The molecule has 0 fully saturated rings. The Morgan fingerprint density at radius 3 is 3.00 bits per heavy atom. The quantitative estimate of drug-likeness (QED) is 0.644. The zero-order chi connectivity index (χ0) is 13.9. The Labute approximate surface area is 113 Å². The van der Waals surface area contributed by atoms with Crippen molar-refractivity contribution in [3.63, 3.8) is 0 Å². The van der Waals surface area contributed by atoms with Crippen LogP contribution in [0.2, 0.25) is 0 Å². The van der Waals surface area contributed by atoms with Gasteiger partial charge in [-0.3, -0.25) is 14.9 Å². The summed E-state index contributed by atoms with van der Waals surface area (Å²) in [6.45, 7) is 0.486. The summed E-state index contributed by atoms with van der Waals surface area (Å²) in [5, 5.41) is 9.90. The number of hydrogen-bond acceptors (Lipinski definition) is 6. The van der Waals surface area contributed by atoms with Crippen molar-refractivity contribution in [2.45, 2.75) is 6.54 Å². The minimum absolute atomic E-state index is 0.237. The summed E-state index contributed by atoms with van der Waals surface area (Å²) in [5.74, 6) is 0.932. The van der Waals surface area contributed by atoms with Crippen LogP contribution >= 0.6 is 0 Å². The Bertz CT molecular complexity index is 776. The molecule has 3 N–H and O–H groups in total. The Balaban J connectivity index is 1.77. The summed E-state index contributed by atoms with van der Waals surface area (Å²) < 4.78 is 4.98. The maximum Gasteiger partial charge on any atom is 0.263 e. The van der Waals surface area contributed by atoms with Crippen LogP contribution in [0.15, 0.2) is 29.3 Å². The number of anilines is 1. The van der Waals surface area contributed by atoms with Crippen molar-refractivity contribution in [2.75, 3.05) is 12.4 Å². The van der Waals surface area contributed by atoms with Gasteiger partial charge in [-0.2, -0.15) is 10.1 Å². The fraction of sp³-hybridized carbons (Fsp3) is 0.167. The fourth-order valence-electron chi connectivity index (χ4n) is 1.75. The number of rotatable bonds is 4. The lowest BCUT2D eigenvalue weighted by Gasteiger charge is -2.05. The number of pyridine rings is 1. The van der Waals surface area contributed by atoms with Crippen LogP contribution in [-0.2, 0) is 6.54 Å². The topological polar surface area (TPSA) is 109 Å². The molecule has 8 heteroatoms. The van der Waals surface area contributed by atoms with E-state index in [0.29, 0.717) is 29.4 Å². The number of aromatic amines is 2. The molecule has 20 heavy (non-hydrogen) atoms. The summed E-state index contributed by atoms with van der Waals surface area (Å²) in [6.07, 6.45) is 3.14. The zero-order valence-electron chi connectivity index (χ0n) is 10.7. The van der Waals surface area contributed by atoms with Crippen molar-refractivity contribution >= 4 is 17.0 Å². The number of aromatic nitrogens is 5. The minimum atomic E-state index is -0.237. The van der Waals surface area contributed by atoms with E-state index in [-0.39, 0.29) is 5.56 Å². The van der Waals surface area contributed by atoms with Crippen LogP contribution in [0.25, 0.3) is 11.0 Å². The normalized spacial score (nSPS) is 10.7. The number of fused-ring (bicyclic) bond motifs is 1. The van der Waals surface area contributed by atoms with Crippen LogP contribution in [-0.4, -0.2) is 32.3 Å². The van der Waals surface area contributed by atoms with E-state index < -0.39 is 0 Å². The first-order valence-corrected chi connectivity index (χ1v) is 5.92. The lowest BCUT2D eigenvalue weighted by Crippen LogP contribution is -2.12. The van der Waals surface area contributed by atoms with Gasteiger partial charge in [0.05, 0.1) is 13.3 Å². The van der Waals surface area contributed by atoms with Gasteiger partial charge in [-0.05, 0) is 5.56 Å². The molecule has 0 amide bonds. The van der Waals surface area contributed by atoms with E-state index in [1.807, 2.05) is 6.07 Å². The molecule has 3 heterocycles. The second-order valence-electron chi connectivity index (χ2n) is 4.11. The van der Waals surface area contributed by atoms with Crippen molar-refractivity contribution in [1.29, 1.82) is 0 Å². The molecule has 8 nitrogen and oxygen atoms in total. The third kappa shape index (κ3) is 2.30. The third-order valence-corrected chi connectivity index (χ3v) is 2.79. The highest BCUT2D eigenvalue weighted by atomic mass is 16.5. The maximum absolute atomic E-state index is 11.7. The maximum atomic E-state index is 11.7. The molecule has 0 aromatic carbocycles. The van der Waals surface area contributed by atoms with Gasteiger partial charge in [0.15, 0.2) is 5.65 Å². The zero-order valence-corrected chi connectivity index (χ0v) is 10.7. The van der Waals surface area contributed by atoms with Gasteiger partial charge >= 0.3 is 0 Å². The second kappa shape index (κ2) is 5.00. The van der Waals surface area contributed by atoms with E-state index in [2.05, 4.69) is 30.5 Å². The lowest BCUT2D eigenvalue weighted by molar-refractivity contribution is 0.397. The average molecular weight is 272 g/mol. The molecule has 3 rings (SSSR count). The summed E-state index contributed by atoms with van der Waals surface area (Å²) in [6, 6.07) is 3.65. The van der Waals surface area contributed by atoms with E-state index in [9.17, 15) is 4.79 Å². The average Bonchev–Trinajstić information content (AvgIpc) is 2.94. The summed E-state index contributed by atoms with van der Waals surface area (Å²) >= 11 is 0. The van der Waals surface area contributed by atoms with Gasteiger partial charge in [-0.25, -0.2) is 4.98 Å². The summed E-state index contributed by atoms with van der Waals surface area (Å²) in [7, 11) is 1.56. The number of nitrogens with zero attached hydrogens (tertiary/aromatic N) is 3. The molecule has 0 spiro atoms. The summed E-state index contributed by atoms with van der Waals surface area (Å²) in [5.41, 5.74) is 1.15. The largest absolute Gasteiger partial charge is 0.481 e. The number of hydrogen-bond donors (Lipinski definition) is 3. The van der Waals surface area contributed by atoms with Gasteiger partial charge in [0.25, 0.3) is 5.56 Å². The van der Waals surface area contributed by atoms with E-state index in [1.54, 1.807) is 19.4 Å². The molecule has 0 atom stereocenters. The number of H-pyrrole nitrogens is 2.